The van der Waals surface area contributed by atoms with E-state index in [0.717, 1.165) is 31.2 Å². The molecule has 0 aliphatic heterocycles. The molecule has 1 aromatic rings. The Hall–Kier alpha value is -1.35. The summed E-state index contributed by atoms with van der Waals surface area (Å²) in [7, 11) is 0. The molecule has 0 aliphatic carbocycles. The van der Waals surface area contributed by atoms with Gasteiger partial charge in [-0.1, -0.05) is 38.8 Å². The molecule has 0 aromatic heterocycles. The molecule has 2 unspecified atom stereocenters. The van der Waals surface area contributed by atoms with Crippen molar-refractivity contribution in [1.82, 2.24) is 0 Å². The molecular weight excluding hydrogens is 264 g/mol. The molecule has 3 heteroatoms. The standard InChI is InChI=1S/C18H28O3/c1-5-8-15-10-7-11-17(16(15)9-6-2)18(20)21-14(4)12-13(3)19/h7,10-11,13-14,19H,5-6,8-9,12H2,1-4H3. The number of ether oxygens (including phenoxy) is 1. The Bertz CT molecular complexity index is 452. The van der Waals surface area contributed by atoms with Crippen LogP contribution in [0.4, 0.5) is 0 Å². The second kappa shape index (κ2) is 8.83. The van der Waals surface area contributed by atoms with Crippen molar-refractivity contribution < 1.29 is 14.6 Å². The summed E-state index contributed by atoms with van der Waals surface area (Å²) in [5.41, 5.74) is 3.05. The monoisotopic (exact) mass is 292 g/mol. The molecule has 118 valence electrons. The topological polar surface area (TPSA) is 46.5 Å². The number of benzene rings is 1. The predicted molar refractivity (Wildman–Crippen MR) is 85.6 cm³/mol. The van der Waals surface area contributed by atoms with Gasteiger partial charge in [0.15, 0.2) is 0 Å². The molecule has 1 rings (SSSR count). The van der Waals surface area contributed by atoms with E-state index in [-0.39, 0.29) is 12.1 Å². The van der Waals surface area contributed by atoms with Crippen molar-refractivity contribution in [1.29, 1.82) is 0 Å². The van der Waals surface area contributed by atoms with Gasteiger partial charge < -0.3 is 9.84 Å². The fourth-order valence-corrected chi connectivity index (χ4v) is 2.65. The molecule has 0 radical (unpaired) electrons. The van der Waals surface area contributed by atoms with E-state index in [9.17, 15) is 9.90 Å². The smallest absolute Gasteiger partial charge is 0.338 e. The van der Waals surface area contributed by atoms with E-state index in [1.807, 2.05) is 19.1 Å². The van der Waals surface area contributed by atoms with Crippen LogP contribution < -0.4 is 0 Å². The Morgan fingerprint density at radius 1 is 1.19 bits per heavy atom. The van der Waals surface area contributed by atoms with Crippen LogP contribution in [-0.4, -0.2) is 23.3 Å². The van der Waals surface area contributed by atoms with Crippen molar-refractivity contribution >= 4 is 5.97 Å². The first kappa shape index (κ1) is 17.7. The van der Waals surface area contributed by atoms with E-state index in [1.54, 1.807) is 6.92 Å². The summed E-state index contributed by atoms with van der Waals surface area (Å²) in [5.74, 6) is -0.274. The minimum absolute atomic E-state index is 0.274. The third-order valence-corrected chi connectivity index (χ3v) is 3.49. The van der Waals surface area contributed by atoms with Crippen LogP contribution in [-0.2, 0) is 17.6 Å². The molecule has 0 saturated carbocycles. The fourth-order valence-electron chi connectivity index (χ4n) is 2.65. The molecule has 2 atom stereocenters. The molecule has 0 heterocycles. The lowest BCUT2D eigenvalue weighted by molar-refractivity contribution is 0.0221. The van der Waals surface area contributed by atoms with Gasteiger partial charge in [-0.05, 0) is 43.9 Å². The molecular formula is C18H28O3. The van der Waals surface area contributed by atoms with Gasteiger partial charge in [-0.25, -0.2) is 4.79 Å². The highest BCUT2D eigenvalue weighted by molar-refractivity contribution is 5.91. The van der Waals surface area contributed by atoms with Gasteiger partial charge in [0.1, 0.15) is 6.10 Å². The van der Waals surface area contributed by atoms with Gasteiger partial charge >= 0.3 is 5.97 Å². The van der Waals surface area contributed by atoms with Crippen molar-refractivity contribution in [3.8, 4) is 0 Å². The van der Waals surface area contributed by atoms with Crippen LogP contribution in [0.5, 0.6) is 0 Å². The largest absolute Gasteiger partial charge is 0.459 e. The molecule has 0 bridgehead atoms. The van der Waals surface area contributed by atoms with Gasteiger partial charge in [-0.2, -0.15) is 0 Å². The van der Waals surface area contributed by atoms with Gasteiger partial charge in [-0.3, -0.25) is 0 Å². The van der Waals surface area contributed by atoms with E-state index in [0.29, 0.717) is 12.0 Å². The summed E-state index contributed by atoms with van der Waals surface area (Å²) >= 11 is 0. The summed E-state index contributed by atoms with van der Waals surface area (Å²) in [5, 5.41) is 9.37. The molecule has 0 amide bonds. The van der Waals surface area contributed by atoms with Gasteiger partial charge in [0.2, 0.25) is 0 Å². The van der Waals surface area contributed by atoms with Crippen molar-refractivity contribution in [2.75, 3.05) is 0 Å². The van der Waals surface area contributed by atoms with Crippen molar-refractivity contribution in [2.24, 2.45) is 0 Å². The molecule has 1 aromatic carbocycles. The SMILES string of the molecule is CCCc1cccc(C(=O)OC(C)CC(C)O)c1CCC. The number of hydrogen-bond donors (Lipinski definition) is 1. The normalized spacial score (nSPS) is 13.8. The predicted octanol–water partition coefficient (Wildman–Crippen LogP) is 3.91. The first-order valence-electron chi connectivity index (χ1n) is 7.99. The number of hydrogen-bond acceptors (Lipinski definition) is 3. The van der Waals surface area contributed by atoms with Crippen LogP contribution >= 0.6 is 0 Å². The first-order chi connectivity index (χ1) is 9.99. The Morgan fingerprint density at radius 3 is 2.43 bits per heavy atom. The minimum atomic E-state index is -0.464. The first-order valence-corrected chi connectivity index (χ1v) is 7.99. The number of rotatable bonds is 8. The molecule has 0 spiro atoms. The number of aryl methyl sites for hydroxylation is 1. The lowest BCUT2D eigenvalue weighted by Gasteiger charge is -2.17. The lowest BCUT2D eigenvalue weighted by atomic mass is 9.94. The van der Waals surface area contributed by atoms with Crippen molar-refractivity contribution in [2.45, 2.75) is 72.0 Å². The van der Waals surface area contributed by atoms with Crippen molar-refractivity contribution in [3.05, 3.63) is 34.9 Å². The Kier molecular flexibility index (Phi) is 7.44. The average molecular weight is 292 g/mol. The summed E-state index contributed by atoms with van der Waals surface area (Å²) in [6.45, 7) is 7.79. The maximum atomic E-state index is 12.4. The van der Waals surface area contributed by atoms with Crippen LogP contribution in [0.3, 0.4) is 0 Å². The molecule has 0 aliphatic rings. The summed E-state index contributed by atoms with van der Waals surface area (Å²) in [6.07, 6.45) is 3.67. The zero-order valence-electron chi connectivity index (χ0n) is 13.7. The Morgan fingerprint density at radius 2 is 1.86 bits per heavy atom. The zero-order valence-corrected chi connectivity index (χ0v) is 13.7. The molecule has 0 saturated heterocycles. The Balaban J connectivity index is 2.94. The molecule has 3 nitrogen and oxygen atoms in total. The second-order valence-electron chi connectivity index (χ2n) is 5.74. The maximum absolute atomic E-state index is 12.4. The molecule has 1 N–H and O–H groups in total. The average Bonchev–Trinajstić information content (AvgIpc) is 2.40. The van der Waals surface area contributed by atoms with Crippen LogP contribution in [0.25, 0.3) is 0 Å². The van der Waals surface area contributed by atoms with Gasteiger partial charge in [0.05, 0.1) is 11.7 Å². The summed E-state index contributed by atoms with van der Waals surface area (Å²) < 4.78 is 5.47. The van der Waals surface area contributed by atoms with E-state index in [1.165, 1.54) is 5.56 Å². The number of esters is 1. The number of carbonyl (C=O) groups is 1. The highest BCUT2D eigenvalue weighted by Gasteiger charge is 2.18. The quantitative estimate of drug-likeness (QED) is 0.739. The number of carbonyl (C=O) groups excluding carboxylic acids is 1. The van der Waals surface area contributed by atoms with Gasteiger partial charge in [0.25, 0.3) is 0 Å². The molecule has 0 fully saturated rings. The molecule has 21 heavy (non-hydrogen) atoms. The fraction of sp³-hybridized carbons (Fsp3) is 0.611. The van der Waals surface area contributed by atoms with Gasteiger partial charge in [0, 0.05) is 6.42 Å². The number of aliphatic hydroxyl groups is 1. The maximum Gasteiger partial charge on any atom is 0.338 e. The van der Waals surface area contributed by atoms with E-state index in [2.05, 4.69) is 19.9 Å². The van der Waals surface area contributed by atoms with Crippen LogP contribution in [0.1, 0.15) is 68.4 Å². The highest BCUT2D eigenvalue weighted by atomic mass is 16.5. The van der Waals surface area contributed by atoms with Crippen LogP contribution in [0.2, 0.25) is 0 Å². The number of aliphatic hydroxyl groups excluding tert-OH is 1. The minimum Gasteiger partial charge on any atom is -0.459 e. The third-order valence-electron chi connectivity index (χ3n) is 3.49. The Labute approximate surface area is 128 Å². The summed E-state index contributed by atoms with van der Waals surface area (Å²) in [6, 6.07) is 5.88. The lowest BCUT2D eigenvalue weighted by Crippen LogP contribution is -2.20. The second-order valence-corrected chi connectivity index (χ2v) is 5.74. The highest BCUT2D eigenvalue weighted by Crippen LogP contribution is 2.20. The van der Waals surface area contributed by atoms with Crippen LogP contribution in [0, 0.1) is 0 Å². The van der Waals surface area contributed by atoms with Gasteiger partial charge in [-0.15, -0.1) is 0 Å². The van der Waals surface area contributed by atoms with E-state index >= 15 is 0 Å². The third kappa shape index (κ3) is 5.50. The van der Waals surface area contributed by atoms with Crippen LogP contribution in [0.15, 0.2) is 18.2 Å². The summed E-state index contributed by atoms with van der Waals surface area (Å²) in [4.78, 5) is 12.4. The zero-order chi connectivity index (χ0) is 15.8. The van der Waals surface area contributed by atoms with Crippen molar-refractivity contribution in [3.63, 3.8) is 0 Å². The van der Waals surface area contributed by atoms with E-state index < -0.39 is 6.10 Å². The van der Waals surface area contributed by atoms with E-state index in [4.69, 9.17) is 4.74 Å².